The van der Waals surface area contributed by atoms with E-state index in [0.717, 1.165) is 30.9 Å². The summed E-state index contributed by atoms with van der Waals surface area (Å²) in [6.07, 6.45) is 6.76. The highest BCUT2D eigenvalue weighted by Crippen LogP contribution is 2.26. The normalized spacial score (nSPS) is 15.3. The summed E-state index contributed by atoms with van der Waals surface area (Å²) in [6.45, 7) is 2.10. The van der Waals surface area contributed by atoms with E-state index in [4.69, 9.17) is 5.11 Å². The summed E-state index contributed by atoms with van der Waals surface area (Å²) < 4.78 is 1.93. The van der Waals surface area contributed by atoms with Crippen LogP contribution < -0.4 is 0 Å². The Morgan fingerprint density at radius 3 is 2.67 bits per heavy atom. The lowest BCUT2D eigenvalue weighted by Gasteiger charge is -2.37. The number of aliphatic hydroxyl groups is 1. The molecule has 1 saturated carbocycles. The number of aliphatic hydroxyl groups excluding tert-OH is 1. The number of hydrogen-bond acceptors (Lipinski definition) is 3. The average molecular weight is 285 g/mol. The van der Waals surface area contributed by atoms with E-state index in [0.29, 0.717) is 6.04 Å². The van der Waals surface area contributed by atoms with Crippen molar-refractivity contribution in [1.29, 1.82) is 0 Å². The lowest BCUT2D eigenvalue weighted by atomic mass is 9.91. The summed E-state index contributed by atoms with van der Waals surface area (Å²) in [5, 5.41) is 13.7. The van der Waals surface area contributed by atoms with E-state index >= 15 is 0 Å². The zero-order valence-corrected chi connectivity index (χ0v) is 12.4. The van der Waals surface area contributed by atoms with Crippen molar-refractivity contribution in [2.24, 2.45) is 0 Å². The van der Waals surface area contributed by atoms with Gasteiger partial charge in [0, 0.05) is 31.9 Å². The minimum Gasteiger partial charge on any atom is -0.396 e. The van der Waals surface area contributed by atoms with Crippen LogP contribution in [0.1, 0.15) is 31.4 Å². The molecular weight excluding hydrogens is 262 g/mol. The summed E-state index contributed by atoms with van der Waals surface area (Å²) in [6, 6.07) is 13.0. The average Bonchev–Trinajstić information content (AvgIpc) is 2.92. The molecule has 0 unspecified atom stereocenters. The van der Waals surface area contributed by atoms with Crippen LogP contribution in [0.3, 0.4) is 0 Å². The maximum Gasteiger partial charge on any atom is 0.0769 e. The van der Waals surface area contributed by atoms with Gasteiger partial charge < -0.3 is 5.11 Å². The molecule has 1 aliphatic rings. The van der Waals surface area contributed by atoms with E-state index in [1.807, 2.05) is 29.1 Å². The smallest absolute Gasteiger partial charge is 0.0769 e. The van der Waals surface area contributed by atoms with Crippen LogP contribution >= 0.6 is 0 Å². The number of hydrogen-bond donors (Lipinski definition) is 1. The van der Waals surface area contributed by atoms with E-state index in [9.17, 15) is 0 Å². The van der Waals surface area contributed by atoms with Gasteiger partial charge in [-0.25, -0.2) is 4.68 Å². The Balaban J connectivity index is 1.67. The number of benzene rings is 1. The first-order chi connectivity index (χ1) is 10.4. The van der Waals surface area contributed by atoms with Gasteiger partial charge in [-0.05, 0) is 37.5 Å². The topological polar surface area (TPSA) is 41.3 Å². The Kier molecular flexibility index (Phi) is 4.68. The Bertz CT molecular complexity index is 548. The second kappa shape index (κ2) is 6.87. The lowest BCUT2D eigenvalue weighted by Crippen LogP contribution is -2.40. The highest BCUT2D eigenvalue weighted by Gasteiger charge is 2.25. The fourth-order valence-corrected chi connectivity index (χ4v) is 2.80. The standard InChI is InChI=1S/C17H23N3O/c21-13-5-11-19(16-8-4-9-16)14-15-10-12-20(18-15)17-6-2-1-3-7-17/h1-3,6-7,10,12,16,21H,4-5,8-9,11,13-14H2. The van der Waals surface area contributed by atoms with Gasteiger partial charge in [-0.3, -0.25) is 4.90 Å². The van der Waals surface area contributed by atoms with Gasteiger partial charge in [-0.1, -0.05) is 24.6 Å². The first-order valence-corrected chi connectivity index (χ1v) is 7.82. The van der Waals surface area contributed by atoms with E-state index < -0.39 is 0 Å². The molecule has 4 nitrogen and oxygen atoms in total. The molecule has 0 bridgehead atoms. The molecule has 2 aromatic rings. The summed E-state index contributed by atoms with van der Waals surface area (Å²) in [5.74, 6) is 0. The first-order valence-electron chi connectivity index (χ1n) is 7.82. The van der Waals surface area contributed by atoms with E-state index in [1.54, 1.807) is 0 Å². The lowest BCUT2D eigenvalue weighted by molar-refractivity contribution is 0.108. The Labute approximate surface area is 126 Å². The van der Waals surface area contributed by atoms with Gasteiger partial charge >= 0.3 is 0 Å². The van der Waals surface area contributed by atoms with Crippen molar-refractivity contribution < 1.29 is 5.11 Å². The molecule has 1 aliphatic carbocycles. The number of para-hydroxylation sites is 1. The van der Waals surface area contributed by atoms with Crippen LogP contribution in [-0.2, 0) is 6.54 Å². The van der Waals surface area contributed by atoms with Crippen molar-refractivity contribution in [1.82, 2.24) is 14.7 Å². The minimum absolute atomic E-state index is 0.266. The highest BCUT2D eigenvalue weighted by molar-refractivity contribution is 5.30. The van der Waals surface area contributed by atoms with Gasteiger partial charge in [-0.15, -0.1) is 0 Å². The molecule has 1 fully saturated rings. The van der Waals surface area contributed by atoms with Crippen molar-refractivity contribution in [2.75, 3.05) is 13.2 Å². The second-order valence-electron chi connectivity index (χ2n) is 5.72. The molecule has 21 heavy (non-hydrogen) atoms. The molecule has 0 saturated heterocycles. The molecule has 0 radical (unpaired) electrons. The third-order valence-electron chi connectivity index (χ3n) is 4.22. The third kappa shape index (κ3) is 3.52. The fourth-order valence-electron chi connectivity index (χ4n) is 2.80. The van der Waals surface area contributed by atoms with Crippen molar-refractivity contribution in [3.8, 4) is 5.69 Å². The van der Waals surface area contributed by atoms with Crippen LogP contribution in [-0.4, -0.2) is 39.0 Å². The van der Waals surface area contributed by atoms with Crippen LogP contribution in [0.5, 0.6) is 0 Å². The Morgan fingerprint density at radius 2 is 2.00 bits per heavy atom. The van der Waals surface area contributed by atoms with Gasteiger partial charge in [-0.2, -0.15) is 5.10 Å². The molecular formula is C17H23N3O. The summed E-state index contributed by atoms with van der Waals surface area (Å²) >= 11 is 0. The number of aromatic nitrogens is 2. The maximum absolute atomic E-state index is 9.06. The molecule has 1 heterocycles. The van der Waals surface area contributed by atoms with E-state index in [-0.39, 0.29) is 6.61 Å². The molecule has 1 aromatic heterocycles. The third-order valence-corrected chi connectivity index (χ3v) is 4.22. The summed E-state index contributed by atoms with van der Waals surface area (Å²) in [7, 11) is 0. The number of nitrogens with zero attached hydrogens (tertiary/aromatic N) is 3. The van der Waals surface area contributed by atoms with E-state index in [1.165, 1.54) is 19.3 Å². The van der Waals surface area contributed by atoms with Crippen LogP contribution in [0.2, 0.25) is 0 Å². The fraction of sp³-hybridized carbons (Fsp3) is 0.471. The van der Waals surface area contributed by atoms with Gasteiger partial charge in [0.15, 0.2) is 0 Å². The van der Waals surface area contributed by atoms with Gasteiger partial charge in [0.05, 0.1) is 11.4 Å². The molecule has 4 heteroatoms. The van der Waals surface area contributed by atoms with Crippen LogP contribution in [0.15, 0.2) is 42.6 Å². The molecule has 3 rings (SSSR count). The predicted molar refractivity (Wildman–Crippen MR) is 83.3 cm³/mol. The summed E-state index contributed by atoms with van der Waals surface area (Å²) in [4.78, 5) is 2.47. The SMILES string of the molecule is OCCCN(Cc1ccn(-c2ccccc2)n1)C1CCC1. The predicted octanol–water partition coefficient (Wildman–Crippen LogP) is 2.61. The monoisotopic (exact) mass is 285 g/mol. The molecule has 0 atom stereocenters. The van der Waals surface area contributed by atoms with Crippen LogP contribution in [0, 0.1) is 0 Å². The molecule has 112 valence electrons. The minimum atomic E-state index is 0.266. The Hall–Kier alpha value is -1.65. The zero-order valence-electron chi connectivity index (χ0n) is 12.4. The van der Waals surface area contributed by atoms with Crippen molar-refractivity contribution >= 4 is 0 Å². The summed E-state index contributed by atoms with van der Waals surface area (Å²) in [5.41, 5.74) is 2.19. The second-order valence-corrected chi connectivity index (χ2v) is 5.72. The van der Waals surface area contributed by atoms with Crippen LogP contribution in [0.4, 0.5) is 0 Å². The van der Waals surface area contributed by atoms with Gasteiger partial charge in [0.1, 0.15) is 0 Å². The van der Waals surface area contributed by atoms with Crippen molar-refractivity contribution in [3.63, 3.8) is 0 Å². The molecule has 0 spiro atoms. The Morgan fingerprint density at radius 1 is 1.19 bits per heavy atom. The van der Waals surface area contributed by atoms with Gasteiger partial charge in [0.2, 0.25) is 0 Å². The molecule has 0 aliphatic heterocycles. The first kappa shape index (κ1) is 14.3. The van der Waals surface area contributed by atoms with Crippen molar-refractivity contribution in [2.45, 2.75) is 38.3 Å². The molecule has 0 amide bonds. The number of rotatable bonds is 7. The van der Waals surface area contributed by atoms with E-state index in [2.05, 4.69) is 28.2 Å². The highest BCUT2D eigenvalue weighted by atomic mass is 16.3. The largest absolute Gasteiger partial charge is 0.396 e. The van der Waals surface area contributed by atoms with Crippen LogP contribution in [0.25, 0.3) is 5.69 Å². The molecule has 1 aromatic carbocycles. The van der Waals surface area contributed by atoms with Crippen molar-refractivity contribution in [3.05, 3.63) is 48.3 Å². The molecule has 1 N–H and O–H groups in total. The maximum atomic E-state index is 9.06. The zero-order chi connectivity index (χ0) is 14.5. The van der Waals surface area contributed by atoms with Gasteiger partial charge in [0.25, 0.3) is 0 Å². The quantitative estimate of drug-likeness (QED) is 0.850.